The largest absolute Gasteiger partial charge is 0.486 e. The van der Waals surface area contributed by atoms with E-state index in [1.54, 1.807) is 18.2 Å². The van der Waals surface area contributed by atoms with E-state index in [0.29, 0.717) is 11.1 Å². The molecule has 0 amide bonds. The maximum atomic E-state index is 13.7. The Morgan fingerprint density at radius 2 is 2.19 bits per heavy atom. The predicted octanol–water partition coefficient (Wildman–Crippen LogP) is 3.26. The number of nitriles is 1. The molecule has 0 spiro atoms. The first-order valence-corrected chi connectivity index (χ1v) is 6.59. The lowest BCUT2D eigenvalue weighted by molar-refractivity contribution is 0.289. The summed E-state index contributed by atoms with van der Waals surface area (Å²) in [6.07, 6.45) is 1.52. The molecule has 0 unspecified atom stereocenters. The van der Waals surface area contributed by atoms with E-state index in [1.807, 2.05) is 6.07 Å². The number of pyridine rings is 1. The Bertz CT molecular complexity index is 744. The Labute approximate surface area is 127 Å². The quantitative estimate of drug-likeness (QED) is 0.645. The molecule has 5 heteroatoms. The van der Waals surface area contributed by atoms with Gasteiger partial charge in [-0.2, -0.15) is 5.26 Å². The van der Waals surface area contributed by atoms with Crippen LogP contribution in [-0.2, 0) is 6.61 Å². The second kappa shape index (κ2) is 7.28. The molecule has 1 heterocycles. The number of hydrogen-bond donors (Lipinski definition) is 0. The Morgan fingerprint density at radius 3 is 2.95 bits per heavy atom. The fourth-order valence-corrected chi connectivity index (χ4v) is 1.71. The zero-order chi connectivity index (χ0) is 15.1. The highest BCUT2D eigenvalue weighted by Crippen LogP contribution is 2.20. The summed E-state index contributed by atoms with van der Waals surface area (Å²) in [5, 5.41) is 8.94. The molecular weight excluding hydrogens is 291 g/mol. The minimum atomic E-state index is -0.492. The Hall–Kier alpha value is -2.56. The Morgan fingerprint density at radius 1 is 1.33 bits per heavy atom. The van der Waals surface area contributed by atoms with Crippen LogP contribution >= 0.6 is 11.6 Å². The van der Waals surface area contributed by atoms with Crippen LogP contribution in [0.2, 0.25) is 0 Å². The summed E-state index contributed by atoms with van der Waals surface area (Å²) in [5.41, 5.74) is 1.46. The van der Waals surface area contributed by atoms with E-state index in [-0.39, 0.29) is 23.9 Å². The van der Waals surface area contributed by atoms with Gasteiger partial charge in [0.1, 0.15) is 18.4 Å². The van der Waals surface area contributed by atoms with Crippen molar-refractivity contribution in [3.8, 4) is 23.7 Å². The van der Waals surface area contributed by atoms with Crippen LogP contribution in [0.25, 0.3) is 0 Å². The second-order valence-electron chi connectivity index (χ2n) is 3.99. The summed E-state index contributed by atoms with van der Waals surface area (Å²) in [7, 11) is 0. The maximum Gasteiger partial charge on any atom is 0.165 e. The van der Waals surface area contributed by atoms with Crippen LogP contribution in [0.5, 0.6) is 5.75 Å². The monoisotopic (exact) mass is 300 g/mol. The van der Waals surface area contributed by atoms with Crippen LogP contribution < -0.4 is 4.74 Å². The summed E-state index contributed by atoms with van der Waals surface area (Å²) < 4.78 is 19.1. The van der Waals surface area contributed by atoms with Crippen LogP contribution in [-0.4, -0.2) is 10.9 Å². The number of alkyl halides is 1. The molecule has 2 aromatic rings. The van der Waals surface area contributed by atoms with Gasteiger partial charge in [-0.1, -0.05) is 17.9 Å². The standard InChI is InChI=1S/C16H10ClFN2O/c17-7-1-3-12-5-6-14(18)16(9-12)21-11-13-4-2-8-20-15(13)10-19/h2,4-6,8-9H,7,11H2. The van der Waals surface area contributed by atoms with Gasteiger partial charge in [0.2, 0.25) is 0 Å². The van der Waals surface area contributed by atoms with E-state index in [2.05, 4.69) is 16.8 Å². The summed E-state index contributed by atoms with van der Waals surface area (Å²) in [4.78, 5) is 3.92. The van der Waals surface area contributed by atoms with Gasteiger partial charge >= 0.3 is 0 Å². The third-order valence-electron chi connectivity index (χ3n) is 2.61. The first-order valence-electron chi connectivity index (χ1n) is 6.05. The van der Waals surface area contributed by atoms with Crippen molar-refractivity contribution in [2.24, 2.45) is 0 Å². The van der Waals surface area contributed by atoms with E-state index >= 15 is 0 Å². The van der Waals surface area contributed by atoms with E-state index in [0.717, 1.165) is 0 Å². The first kappa shape index (κ1) is 14.8. The lowest BCUT2D eigenvalue weighted by atomic mass is 10.2. The van der Waals surface area contributed by atoms with Crippen LogP contribution in [0.4, 0.5) is 4.39 Å². The Kier molecular flexibility index (Phi) is 5.15. The lowest BCUT2D eigenvalue weighted by Gasteiger charge is -2.08. The molecule has 0 fully saturated rings. The van der Waals surface area contributed by atoms with Crippen molar-refractivity contribution in [2.45, 2.75) is 6.61 Å². The zero-order valence-electron chi connectivity index (χ0n) is 10.9. The van der Waals surface area contributed by atoms with Crippen molar-refractivity contribution in [3.63, 3.8) is 0 Å². The number of aromatic nitrogens is 1. The van der Waals surface area contributed by atoms with Crippen molar-refractivity contribution in [1.29, 1.82) is 5.26 Å². The summed E-state index contributed by atoms with van der Waals surface area (Å²) >= 11 is 5.48. The summed E-state index contributed by atoms with van der Waals surface area (Å²) in [5.74, 6) is 5.26. The molecule has 0 radical (unpaired) electrons. The maximum absolute atomic E-state index is 13.7. The molecule has 0 aliphatic heterocycles. The second-order valence-corrected chi connectivity index (χ2v) is 4.26. The molecule has 2 rings (SSSR count). The first-order chi connectivity index (χ1) is 10.2. The highest BCUT2D eigenvalue weighted by atomic mass is 35.5. The molecule has 0 bridgehead atoms. The molecule has 0 aliphatic rings. The zero-order valence-corrected chi connectivity index (χ0v) is 11.7. The average molecular weight is 301 g/mol. The van der Waals surface area contributed by atoms with Crippen molar-refractivity contribution in [3.05, 3.63) is 59.2 Å². The van der Waals surface area contributed by atoms with Gasteiger partial charge in [-0.15, -0.1) is 11.6 Å². The fraction of sp³-hybridized carbons (Fsp3) is 0.125. The molecule has 0 saturated carbocycles. The van der Waals surface area contributed by atoms with Crippen molar-refractivity contribution in [2.75, 3.05) is 5.88 Å². The van der Waals surface area contributed by atoms with E-state index in [4.69, 9.17) is 21.6 Å². The van der Waals surface area contributed by atoms with Crippen molar-refractivity contribution in [1.82, 2.24) is 4.98 Å². The minimum Gasteiger partial charge on any atom is -0.486 e. The molecular formula is C16H10ClFN2O. The van der Waals surface area contributed by atoms with E-state index < -0.39 is 5.82 Å². The van der Waals surface area contributed by atoms with Crippen molar-refractivity contribution >= 4 is 11.6 Å². The number of halogens is 2. The Balaban J connectivity index is 2.18. The van der Waals surface area contributed by atoms with Crippen LogP contribution in [0.1, 0.15) is 16.8 Å². The SMILES string of the molecule is N#Cc1ncccc1COc1cc(C#CCCl)ccc1F. The van der Waals surface area contributed by atoms with E-state index in [1.165, 1.54) is 18.3 Å². The van der Waals surface area contributed by atoms with Gasteiger partial charge in [-0.3, -0.25) is 0 Å². The molecule has 0 aliphatic carbocycles. The smallest absolute Gasteiger partial charge is 0.165 e. The number of ether oxygens (including phenoxy) is 1. The van der Waals surface area contributed by atoms with Crippen molar-refractivity contribution < 1.29 is 9.13 Å². The highest BCUT2D eigenvalue weighted by molar-refractivity contribution is 6.19. The molecule has 0 N–H and O–H groups in total. The number of hydrogen-bond acceptors (Lipinski definition) is 3. The third kappa shape index (κ3) is 3.95. The minimum absolute atomic E-state index is 0.0556. The van der Waals surface area contributed by atoms with Gasteiger partial charge in [0, 0.05) is 17.3 Å². The van der Waals surface area contributed by atoms with Gasteiger partial charge in [-0.25, -0.2) is 9.37 Å². The summed E-state index contributed by atoms with van der Waals surface area (Å²) in [6.45, 7) is 0.0556. The van der Waals surface area contributed by atoms with Crippen LogP contribution in [0.3, 0.4) is 0 Å². The van der Waals surface area contributed by atoms with Crippen LogP contribution in [0, 0.1) is 29.0 Å². The topological polar surface area (TPSA) is 45.9 Å². The van der Waals surface area contributed by atoms with Crippen LogP contribution in [0.15, 0.2) is 36.5 Å². The van der Waals surface area contributed by atoms with Gasteiger partial charge in [-0.05, 0) is 24.3 Å². The fourth-order valence-electron chi connectivity index (χ4n) is 1.64. The normalized spacial score (nSPS) is 9.38. The highest BCUT2D eigenvalue weighted by Gasteiger charge is 2.07. The molecule has 1 aromatic carbocycles. The molecule has 21 heavy (non-hydrogen) atoms. The summed E-state index contributed by atoms with van der Waals surface area (Å²) in [6, 6.07) is 9.69. The number of nitrogens with zero attached hydrogens (tertiary/aromatic N) is 2. The lowest BCUT2D eigenvalue weighted by Crippen LogP contribution is -2.01. The van der Waals surface area contributed by atoms with Gasteiger partial charge in [0.25, 0.3) is 0 Å². The molecule has 1 aromatic heterocycles. The van der Waals surface area contributed by atoms with Gasteiger partial charge in [0.15, 0.2) is 11.6 Å². The van der Waals surface area contributed by atoms with Gasteiger partial charge in [0.05, 0.1) is 5.88 Å². The van der Waals surface area contributed by atoms with Gasteiger partial charge < -0.3 is 4.74 Å². The average Bonchev–Trinajstić information content (AvgIpc) is 2.53. The predicted molar refractivity (Wildman–Crippen MR) is 77.3 cm³/mol. The molecule has 3 nitrogen and oxygen atoms in total. The van der Waals surface area contributed by atoms with E-state index in [9.17, 15) is 4.39 Å². The number of benzene rings is 1. The molecule has 0 atom stereocenters. The third-order valence-corrected chi connectivity index (χ3v) is 2.74. The molecule has 0 saturated heterocycles. The molecule has 104 valence electrons. The number of rotatable bonds is 3.